The number of thiophene rings is 1. The first-order chi connectivity index (χ1) is 11.1. The SMILES string of the molecule is CCOC(=O)c1sc2ncnc(NNC(=O)C3CCC3)c2c1C. The number of carbonyl (C=O) groups excluding carboxylic acids is 2. The third-order valence-electron chi connectivity index (χ3n) is 3.97. The molecular formula is C15H18N4O3S. The van der Waals surface area contributed by atoms with Gasteiger partial charge in [0.2, 0.25) is 5.91 Å². The molecule has 0 aromatic carbocycles. The van der Waals surface area contributed by atoms with Crippen molar-refractivity contribution < 1.29 is 14.3 Å². The summed E-state index contributed by atoms with van der Waals surface area (Å²) in [5.74, 6) is 0.185. The third kappa shape index (κ3) is 2.98. The number of ether oxygens (including phenoxy) is 1. The highest BCUT2D eigenvalue weighted by molar-refractivity contribution is 7.20. The zero-order chi connectivity index (χ0) is 16.4. The number of carbonyl (C=O) groups is 2. The van der Waals surface area contributed by atoms with Gasteiger partial charge in [0, 0.05) is 5.92 Å². The predicted molar refractivity (Wildman–Crippen MR) is 87.2 cm³/mol. The van der Waals surface area contributed by atoms with Gasteiger partial charge in [0.05, 0.1) is 12.0 Å². The first kappa shape index (κ1) is 15.7. The summed E-state index contributed by atoms with van der Waals surface area (Å²) in [6.07, 6.45) is 4.36. The lowest BCUT2D eigenvalue weighted by Gasteiger charge is -2.24. The van der Waals surface area contributed by atoms with Crippen LogP contribution >= 0.6 is 11.3 Å². The van der Waals surface area contributed by atoms with Gasteiger partial charge < -0.3 is 4.74 Å². The number of esters is 1. The number of rotatable bonds is 5. The number of nitrogens with one attached hydrogen (secondary N) is 2. The lowest BCUT2D eigenvalue weighted by atomic mass is 9.85. The Kier molecular flexibility index (Phi) is 4.42. The van der Waals surface area contributed by atoms with Gasteiger partial charge in [-0.05, 0) is 32.3 Å². The Labute approximate surface area is 137 Å². The summed E-state index contributed by atoms with van der Waals surface area (Å²) < 4.78 is 5.06. The van der Waals surface area contributed by atoms with Crippen molar-refractivity contribution >= 4 is 39.2 Å². The number of hydrogen-bond donors (Lipinski definition) is 2. The van der Waals surface area contributed by atoms with E-state index < -0.39 is 0 Å². The maximum Gasteiger partial charge on any atom is 0.348 e. The molecule has 2 heterocycles. The molecule has 1 aliphatic rings. The van der Waals surface area contributed by atoms with Gasteiger partial charge in [0.1, 0.15) is 16.0 Å². The molecule has 1 fully saturated rings. The average Bonchev–Trinajstić information content (AvgIpc) is 2.81. The first-order valence-corrected chi connectivity index (χ1v) is 8.40. The maximum absolute atomic E-state index is 12.0. The Balaban J connectivity index is 1.85. The van der Waals surface area contributed by atoms with Crippen LogP contribution in [0, 0.1) is 12.8 Å². The van der Waals surface area contributed by atoms with Crippen LogP contribution in [-0.4, -0.2) is 28.5 Å². The molecule has 1 aliphatic carbocycles. The van der Waals surface area contributed by atoms with Gasteiger partial charge in [-0.1, -0.05) is 6.42 Å². The fourth-order valence-corrected chi connectivity index (χ4v) is 3.49. The van der Waals surface area contributed by atoms with Crippen LogP contribution in [0.15, 0.2) is 6.33 Å². The number of fused-ring (bicyclic) bond motifs is 1. The molecule has 0 saturated heterocycles. The van der Waals surface area contributed by atoms with Crippen LogP contribution < -0.4 is 10.9 Å². The molecule has 2 aromatic heterocycles. The van der Waals surface area contributed by atoms with Gasteiger partial charge >= 0.3 is 5.97 Å². The topological polar surface area (TPSA) is 93.2 Å². The largest absolute Gasteiger partial charge is 0.462 e. The van der Waals surface area contributed by atoms with Crippen LogP contribution in [0.2, 0.25) is 0 Å². The normalized spacial score (nSPS) is 14.3. The molecule has 0 unspecified atom stereocenters. The first-order valence-electron chi connectivity index (χ1n) is 7.59. The summed E-state index contributed by atoms with van der Waals surface area (Å²) >= 11 is 1.26. The van der Waals surface area contributed by atoms with E-state index >= 15 is 0 Å². The maximum atomic E-state index is 12.0. The number of hydrogen-bond acceptors (Lipinski definition) is 7. The number of anilines is 1. The lowest BCUT2D eigenvalue weighted by Crippen LogP contribution is -2.38. The molecule has 23 heavy (non-hydrogen) atoms. The van der Waals surface area contributed by atoms with Crippen molar-refractivity contribution in [2.75, 3.05) is 12.0 Å². The van der Waals surface area contributed by atoms with E-state index in [0.29, 0.717) is 22.1 Å². The highest BCUT2D eigenvalue weighted by atomic mass is 32.1. The van der Waals surface area contributed by atoms with E-state index in [1.165, 1.54) is 17.7 Å². The third-order valence-corrected chi connectivity index (χ3v) is 5.15. The van der Waals surface area contributed by atoms with E-state index in [1.807, 2.05) is 6.92 Å². The summed E-state index contributed by atoms with van der Waals surface area (Å²) in [5, 5.41) is 0.731. The minimum absolute atomic E-state index is 0.0264. The molecule has 0 atom stereocenters. The molecule has 0 aliphatic heterocycles. The van der Waals surface area contributed by atoms with Crippen molar-refractivity contribution in [3.63, 3.8) is 0 Å². The summed E-state index contributed by atoms with van der Waals surface area (Å²) in [6.45, 7) is 3.91. The standard InChI is InChI=1S/C15H18N4O3S/c1-3-22-15(21)11-8(2)10-12(16-7-17-14(10)23-11)18-19-13(20)9-5-4-6-9/h7,9H,3-6H2,1-2H3,(H,19,20)(H,16,17,18). The molecule has 2 aromatic rings. The Morgan fingerprint density at radius 2 is 2.17 bits per heavy atom. The molecule has 0 spiro atoms. The van der Waals surface area contributed by atoms with Crippen LogP contribution in [0.4, 0.5) is 5.82 Å². The van der Waals surface area contributed by atoms with Crippen molar-refractivity contribution in [2.45, 2.75) is 33.1 Å². The highest BCUT2D eigenvalue weighted by Crippen LogP contribution is 2.33. The fourth-order valence-electron chi connectivity index (χ4n) is 2.45. The van der Waals surface area contributed by atoms with E-state index in [9.17, 15) is 9.59 Å². The van der Waals surface area contributed by atoms with Crippen molar-refractivity contribution in [1.29, 1.82) is 0 Å². The van der Waals surface area contributed by atoms with Gasteiger partial charge in [0.15, 0.2) is 5.82 Å². The van der Waals surface area contributed by atoms with E-state index in [4.69, 9.17) is 4.74 Å². The number of amides is 1. The van der Waals surface area contributed by atoms with Crippen molar-refractivity contribution in [3.8, 4) is 0 Å². The number of hydrazine groups is 1. The number of aryl methyl sites for hydroxylation is 1. The van der Waals surface area contributed by atoms with E-state index in [-0.39, 0.29) is 17.8 Å². The Bertz CT molecular complexity index is 755. The Hall–Kier alpha value is -2.22. The van der Waals surface area contributed by atoms with E-state index in [2.05, 4.69) is 20.8 Å². The van der Waals surface area contributed by atoms with Gasteiger partial charge in [-0.3, -0.25) is 15.6 Å². The van der Waals surface area contributed by atoms with Gasteiger partial charge in [-0.25, -0.2) is 14.8 Å². The second kappa shape index (κ2) is 6.49. The monoisotopic (exact) mass is 334 g/mol. The molecule has 7 nitrogen and oxygen atoms in total. The molecule has 122 valence electrons. The van der Waals surface area contributed by atoms with Crippen molar-refractivity contribution in [1.82, 2.24) is 15.4 Å². The number of nitrogens with zero attached hydrogens (tertiary/aromatic N) is 2. The van der Waals surface area contributed by atoms with Crippen LogP contribution in [0.1, 0.15) is 41.4 Å². The molecule has 3 rings (SSSR count). The molecule has 1 saturated carbocycles. The minimum Gasteiger partial charge on any atom is -0.462 e. The molecule has 8 heteroatoms. The average molecular weight is 334 g/mol. The van der Waals surface area contributed by atoms with Crippen LogP contribution in [0.5, 0.6) is 0 Å². The molecule has 1 amide bonds. The van der Waals surface area contributed by atoms with Crippen LogP contribution in [0.25, 0.3) is 10.2 Å². The Morgan fingerprint density at radius 3 is 2.83 bits per heavy atom. The lowest BCUT2D eigenvalue weighted by molar-refractivity contribution is -0.126. The molecule has 0 bridgehead atoms. The van der Waals surface area contributed by atoms with Crippen LogP contribution in [-0.2, 0) is 9.53 Å². The van der Waals surface area contributed by atoms with Gasteiger partial charge in [-0.2, -0.15) is 0 Å². The van der Waals surface area contributed by atoms with E-state index in [1.54, 1.807) is 6.92 Å². The summed E-state index contributed by atoms with van der Waals surface area (Å²) in [5.41, 5.74) is 6.31. The van der Waals surface area contributed by atoms with Gasteiger partial charge in [-0.15, -0.1) is 11.3 Å². The molecule has 2 N–H and O–H groups in total. The molecule has 0 radical (unpaired) electrons. The summed E-state index contributed by atoms with van der Waals surface area (Å²) in [4.78, 5) is 33.5. The summed E-state index contributed by atoms with van der Waals surface area (Å²) in [6, 6.07) is 0. The minimum atomic E-state index is -0.363. The second-order valence-electron chi connectivity index (χ2n) is 5.42. The number of aromatic nitrogens is 2. The summed E-state index contributed by atoms with van der Waals surface area (Å²) in [7, 11) is 0. The zero-order valence-corrected chi connectivity index (χ0v) is 13.8. The quantitative estimate of drug-likeness (QED) is 0.644. The predicted octanol–water partition coefficient (Wildman–Crippen LogP) is 2.42. The van der Waals surface area contributed by atoms with Gasteiger partial charge in [0.25, 0.3) is 0 Å². The molecular weight excluding hydrogens is 316 g/mol. The Morgan fingerprint density at radius 1 is 1.39 bits per heavy atom. The second-order valence-corrected chi connectivity index (χ2v) is 6.42. The van der Waals surface area contributed by atoms with Crippen molar-refractivity contribution in [2.24, 2.45) is 5.92 Å². The van der Waals surface area contributed by atoms with Crippen LogP contribution in [0.3, 0.4) is 0 Å². The highest BCUT2D eigenvalue weighted by Gasteiger charge is 2.25. The smallest absolute Gasteiger partial charge is 0.348 e. The fraction of sp³-hybridized carbons (Fsp3) is 0.467. The van der Waals surface area contributed by atoms with Crippen molar-refractivity contribution in [3.05, 3.63) is 16.8 Å². The zero-order valence-electron chi connectivity index (χ0n) is 13.0. The van der Waals surface area contributed by atoms with E-state index in [0.717, 1.165) is 30.2 Å².